The van der Waals surface area contributed by atoms with Gasteiger partial charge >= 0.3 is 6.01 Å². The van der Waals surface area contributed by atoms with Crippen molar-refractivity contribution in [3.63, 3.8) is 0 Å². The minimum Gasteiger partial charge on any atom is -0.462 e. The van der Waals surface area contributed by atoms with Crippen molar-refractivity contribution in [3.8, 4) is 6.01 Å². The molecular formula is C30H32ClN5O3. The maximum atomic E-state index is 12.5. The summed E-state index contributed by atoms with van der Waals surface area (Å²) in [5.74, 6) is 0.501. The number of aromatic nitrogens is 2. The molecule has 3 aliphatic heterocycles. The van der Waals surface area contributed by atoms with Crippen LogP contribution in [0.4, 0.5) is 11.5 Å². The maximum absolute atomic E-state index is 12.5. The summed E-state index contributed by atoms with van der Waals surface area (Å²) in [5, 5.41) is 2.89. The molecule has 202 valence electrons. The van der Waals surface area contributed by atoms with Gasteiger partial charge in [-0.2, -0.15) is 9.97 Å². The van der Waals surface area contributed by atoms with E-state index in [1.54, 1.807) is 0 Å². The number of nitrogens with zero attached hydrogens (tertiary/aromatic N) is 5. The van der Waals surface area contributed by atoms with E-state index in [1.165, 1.54) is 6.42 Å². The minimum atomic E-state index is -0.225. The van der Waals surface area contributed by atoms with E-state index in [-0.39, 0.29) is 29.8 Å². The zero-order valence-corrected chi connectivity index (χ0v) is 22.9. The first-order valence-corrected chi connectivity index (χ1v) is 14.3. The zero-order chi connectivity index (χ0) is 26.7. The summed E-state index contributed by atoms with van der Waals surface area (Å²) in [5.41, 5.74) is 3.11. The average molecular weight is 546 g/mol. The van der Waals surface area contributed by atoms with Gasteiger partial charge in [-0.25, -0.2) is 0 Å². The molecule has 0 unspecified atom stereocenters. The van der Waals surface area contributed by atoms with Gasteiger partial charge in [0.2, 0.25) is 0 Å². The van der Waals surface area contributed by atoms with Crippen LogP contribution in [0.25, 0.3) is 10.8 Å². The van der Waals surface area contributed by atoms with Gasteiger partial charge in [-0.05, 0) is 50.4 Å². The summed E-state index contributed by atoms with van der Waals surface area (Å²) < 4.78 is 6.23. The first-order valence-electron chi connectivity index (χ1n) is 13.9. The summed E-state index contributed by atoms with van der Waals surface area (Å²) in [7, 11) is 2.13. The summed E-state index contributed by atoms with van der Waals surface area (Å²) >= 11 is 6.67. The number of likely N-dealkylation sites (N-methyl/N-ethyl adjacent to an activating group) is 1. The second kappa shape index (κ2) is 9.75. The highest BCUT2D eigenvalue weighted by Crippen LogP contribution is 2.40. The molecule has 3 aromatic rings. The van der Waals surface area contributed by atoms with Gasteiger partial charge in [-0.15, -0.1) is 0 Å². The van der Waals surface area contributed by atoms with Gasteiger partial charge in [0.1, 0.15) is 24.0 Å². The molecule has 0 spiro atoms. The summed E-state index contributed by atoms with van der Waals surface area (Å²) in [6.07, 6.45) is 3.10. The fourth-order valence-electron chi connectivity index (χ4n) is 6.88. The van der Waals surface area contributed by atoms with Crippen molar-refractivity contribution in [1.29, 1.82) is 0 Å². The quantitative estimate of drug-likeness (QED) is 0.447. The number of anilines is 2. The molecule has 39 heavy (non-hydrogen) atoms. The third-order valence-electron chi connectivity index (χ3n) is 9.07. The molecule has 7 rings (SSSR count). The van der Waals surface area contributed by atoms with Crippen molar-refractivity contribution in [2.24, 2.45) is 11.8 Å². The van der Waals surface area contributed by atoms with Gasteiger partial charge in [-0.1, -0.05) is 35.9 Å². The SMILES string of the molecule is CN1CCC[C@H]1COc1nc2c(c(N3C[C@@H]4C(=O)CC(=O)[C@@H]4C3)n1)CCN(c1cccc3cccc(Cl)c13)C2. The van der Waals surface area contributed by atoms with Gasteiger partial charge < -0.3 is 19.4 Å². The number of carbonyl (C=O) groups is 2. The molecule has 0 N–H and O–H groups in total. The topological polar surface area (TPSA) is 78.9 Å². The molecule has 3 atom stereocenters. The largest absolute Gasteiger partial charge is 0.462 e. The van der Waals surface area contributed by atoms with Crippen molar-refractivity contribution in [3.05, 3.63) is 52.7 Å². The van der Waals surface area contributed by atoms with Crippen LogP contribution in [0.1, 0.15) is 30.5 Å². The van der Waals surface area contributed by atoms with E-state index in [4.69, 9.17) is 26.3 Å². The maximum Gasteiger partial charge on any atom is 0.318 e. The molecule has 9 heteroatoms. The van der Waals surface area contributed by atoms with Crippen LogP contribution in [0.3, 0.4) is 0 Å². The Morgan fingerprint density at radius 3 is 2.51 bits per heavy atom. The number of rotatable bonds is 5. The van der Waals surface area contributed by atoms with Crippen LogP contribution in [-0.4, -0.2) is 72.3 Å². The Hall–Kier alpha value is -3.23. The Labute approximate surface area is 232 Å². The van der Waals surface area contributed by atoms with Crippen LogP contribution in [0.2, 0.25) is 5.02 Å². The Morgan fingerprint density at radius 2 is 1.77 bits per heavy atom. The lowest BCUT2D eigenvalue weighted by Gasteiger charge is -2.33. The highest BCUT2D eigenvalue weighted by Gasteiger charge is 2.48. The fraction of sp³-hybridized carbons (Fsp3) is 0.467. The molecule has 0 amide bonds. The van der Waals surface area contributed by atoms with Crippen LogP contribution >= 0.6 is 11.6 Å². The molecule has 4 aliphatic rings. The predicted molar refractivity (Wildman–Crippen MR) is 151 cm³/mol. The number of ether oxygens (including phenoxy) is 1. The first kappa shape index (κ1) is 24.8. The van der Waals surface area contributed by atoms with Crippen molar-refractivity contribution >= 4 is 45.4 Å². The highest BCUT2D eigenvalue weighted by atomic mass is 35.5. The Kier molecular flexibility index (Phi) is 6.20. The molecule has 0 radical (unpaired) electrons. The molecule has 2 saturated heterocycles. The van der Waals surface area contributed by atoms with Crippen LogP contribution < -0.4 is 14.5 Å². The number of Topliss-reactive ketones (excluding diaryl/α,β-unsaturated/α-hetero) is 2. The predicted octanol–water partition coefficient (Wildman–Crippen LogP) is 3.91. The van der Waals surface area contributed by atoms with Crippen LogP contribution in [-0.2, 0) is 22.6 Å². The molecular weight excluding hydrogens is 514 g/mol. The molecule has 0 bridgehead atoms. The molecule has 2 aromatic carbocycles. The second-order valence-corrected chi connectivity index (χ2v) is 11.8. The Balaban J connectivity index is 1.23. The number of likely N-dealkylation sites (tertiary alicyclic amines) is 1. The van der Waals surface area contributed by atoms with Gasteiger partial charge in [0.05, 0.1) is 23.7 Å². The number of carbonyl (C=O) groups excluding carboxylic acids is 2. The van der Waals surface area contributed by atoms with E-state index in [0.29, 0.717) is 38.3 Å². The second-order valence-electron chi connectivity index (χ2n) is 11.4. The lowest BCUT2D eigenvalue weighted by Crippen LogP contribution is -2.35. The monoisotopic (exact) mass is 545 g/mol. The number of halogens is 1. The number of fused-ring (bicyclic) bond motifs is 3. The number of hydrogen-bond acceptors (Lipinski definition) is 8. The van der Waals surface area contributed by atoms with E-state index < -0.39 is 0 Å². The lowest BCUT2D eigenvalue weighted by molar-refractivity contribution is -0.123. The third-order valence-corrected chi connectivity index (χ3v) is 9.38. The third kappa shape index (κ3) is 4.34. The molecule has 1 aliphatic carbocycles. The van der Waals surface area contributed by atoms with Crippen molar-refractivity contribution in [1.82, 2.24) is 14.9 Å². The summed E-state index contributed by atoms with van der Waals surface area (Å²) in [6, 6.07) is 13.0. The van der Waals surface area contributed by atoms with Gasteiger partial charge in [0, 0.05) is 54.1 Å². The number of hydrogen-bond donors (Lipinski definition) is 0. The van der Waals surface area contributed by atoms with Gasteiger partial charge in [0.15, 0.2) is 0 Å². The van der Waals surface area contributed by atoms with Crippen molar-refractivity contribution in [2.75, 3.05) is 49.6 Å². The lowest BCUT2D eigenvalue weighted by atomic mass is 10.00. The van der Waals surface area contributed by atoms with E-state index in [2.05, 4.69) is 46.0 Å². The van der Waals surface area contributed by atoms with E-state index in [1.807, 2.05) is 12.1 Å². The molecule has 3 fully saturated rings. The Morgan fingerprint density at radius 1 is 1.00 bits per heavy atom. The van der Waals surface area contributed by atoms with Gasteiger partial charge in [0.25, 0.3) is 0 Å². The van der Waals surface area contributed by atoms with Crippen LogP contribution in [0, 0.1) is 11.8 Å². The normalized spacial score (nSPS) is 25.0. The fourth-order valence-corrected chi connectivity index (χ4v) is 7.16. The zero-order valence-electron chi connectivity index (χ0n) is 22.1. The van der Waals surface area contributed by atoms with E-state index in [0.717, 1.165) is 64.5 Å². The number of ketones is 2. The van der Waals surface area contributed by atoms with Crippen molar-refractivity contribution in [2.45, 2.75) is 38.3 Å². The smallest absolute Gasteiger partial charge is 0.318 e. The summed E-state index contributed by atoms with van der Waals surface area (Å²) in [6.45, 7) is 4.08. The molecule has 8 nitrogen and oxygen atoms in total. The molecule has 1 saturated carbocycles. The van der Waals surface area contributed by atoms with Gasteiger partial charge in [-0.3, -0.25) is 9.59 Å². The molecule has 4 heterocycles. The van der Waals surface area contributed by atoms with Crippen LogP contribution in [0.15, 0.2) is 36.4 Å². The Bertz CT molecular complexity index is 1450. The standard InChI is InChI=1S/C30H32ClN5O3/c1-34-11-4-7-19(34)17-39-30-32-24-16-35(25-9-3-6-18-5-2-8-23(31)28(18)25)12-10-20(24)29(33-30)36-14-21-22(15-36)27(38)13-26(21)37/h2-3,5-6,8-9,19,21-22H,4,7,10-17H2,1H3/t19-,21-,22+/m0/s1. The average Bonchev–Trinajstić information content (AvgIpc) is 3.63. The first-order chi connectivity index (χ1) is 19.0. The van der Waals surface area contributed by atoms with E-state index in [9.17, 15) is 9.59 Å². The van der Waals surface area contributed by atoms with Crippen LogP contribution in [0.5, 0.6) is 6.01 Å². The molecule has 1 aromatic heterocycles. The highest BCUT2D eigenvalue weighted by molar-refractivity contribution is 6.36. The number of benzene rings is 2. The summed E-state index contributed by atoms with van der Waals surface area (Å²) in [4.78, 5) is 41.6. The van der Waals surface area contributed by atoms with Crippen molar-refractivity contribution < 1.29 is 14.3 Å². The van der Waals surface area contributed by atoms with E-state index >= 15 is 0 Å². The minimum absolute atomic E-state index is 0.0650.